The van der Waals surface area contributed by atoms with Gasteiger partial charge in [-0.25, -0.2) is 9.98 Å². The number of nitrogens with two attached hydrogens (primary N) is 1. The molecular formula is C21H20IN5O. The topological polar surface area (TPSA) is 76.9 Å². The molecular weight excluding hydrogens is 465 g/mol. The number of anilines is 1. The first-order valence-electron chi connectivity index (χ1n) is 8.59. The van der Waals surface area contributed by atoms with Gasteiger partial charge in [0.05, 0.1) is 12.2 Å². The van der Waals surface area contributed by atoms with Crippen LogP contribution < -0.4 is 15.8 Å². The lowest BCUT2D eigenvalue weighted by molar-refractivity contribution is 0.483. The number of para-hydroxylation sites is 1. The molecule has 0 amide bonds. The van der Waals surface area contributed by atoms with E-state index in [1.54, 1.807) is 0 Å². The number of pyridine rings is 1. The fourth-order valence-corrected chi connectivity index (χ4v) is 2.68. The van der Waals surface area contributed by atoms with Gasteiger partial charge in [-0.3, -0.25) is 0 Å². The van der Waals surface area contributed by atoms with Gasteiger partial charge in [0.2, 0.25) is 0 Å². The Morgan fingerprint density at radius 1 is 1.00 bits per heavy atom. The van der Waals surface area contributed by atoms with E-state index in [0.29, 0.717) is 12.5 Å². The van der Waals surface area contributed by atoms with Gasteiger partial charge in [0, 0.05) is 24.1 Å². The predicted octanol–water partition coefficient (Wildman–Crippen LogP) is 4.67. The van der Waals surface area contributed by atoms with Crippen LogP contribution in [0.15, 0.2) is 90.2 Å². The molecule has 2 aromatic carbocycles. The van der Waals surface area contributed by atoms with E-state index in [4.69, 9.17) is 10.5 Å². The van der Waals surface area contributed by atoms with Crippen LogP contribution in [-0.2, 0) is 6.54 Å². The van der Waals surface area contributed by atoms with Crippen LogP contribution in [-0.4, -0.2) is 15.3 Å². The maximum atomic E-state index is 6.01. The second-order valence-electron chi connectivity index (χ2n) is 5.97. The highest BCUT2D eigenvalue weighted by Crippen LogP contribution is 2.23. The van der Waals surface area contributed by atoms with Crippen LogP contribution in [0.2, 0.25) is 0 Å². The first-order valence-corrected chi connectivity index (χ1v) is 8.59. The molecule has 4 rings (SSSR count). The number of aromatic nitrogens is 2. The molecule has 0 spiro atoms. The summed E-state index contributed by atoms with van der Waals surface area (Å²) in [6.07, 6.45) is 3.90. The van der Waals surface area contributed by atoms with Crippen molar-refractivity contribution in [2.45, 2.75) is 6.54 Å². The van der Waals surface area contributed by atoms with Crippen molar-refractivity contribution < 1.29 is 4.74 Å². The maximum absolute atomic E-state index is 6.01. The van der Waals surface area contributed by atoms with Crippen molar-refractivity contribution in [3.05, 3.63) is 90.9 Å². The first kappa shape index (κ1) is 19.7. The molecule has 3 N–H and O–H groups in total. The van der Waals surface area contributed by atoms with Gasteiger partial charge in [0.1, 0.15) is 17.1 Å². The number of rotatable bonds is 5. The predicted molar refractivity (Wildman–Crippen MR) is 123 cm³/mol. The molecule has 7 heteroatoms. The fourth-order valence-electron chi connectivity index (χ4n) is 2.68. The van der Waals surface area contributed by atoms with E-state index in [-0.39, 0.29) is 24.0 Å². The van der Waals surface area contributed by atoms with Gasteiger partial charge in [0.15, 0.2) is 5.96 Å². The maximum Gasteiger partial charge on any atom is 0.193 e. The van der Waals surface area contributed by atoms with E-state index >= 15 is 0 Å². The van der Waals surface area contributed by atoms with Crippen LogP contribution in [0.25, 0.3) is 5.65 Å². The molecule has 2 heterocycles. The Hall–Kier alpha value is -3.07. The van der Waals surface area contributed by atoms with Gasteiger partial charge >= 0.3 is 0 Å². The molecule has 0 aliphatic carbocycles. The van der Waals surface area contributed by atoms with Crippen LogP contribution in [0.3, 0.4) is 0 Å². The average Bonchev–Trinajstić information content (AvgIpc) is 3.11. The Labute approximate surface area is 180 Å². The van der Waals surface area contributed by atoms with E-state index < -0.39 is 0 Å². The number of imidazole rings is 1. The summed E-state index contributed by atoms with van der Waals surface area (Å²) in [5, 5.41) is 3.09. The Morgan fingerprint density at radius 3 is 2.61 bits per heavy atom. The lowest BCUT2D eigenvalue weighted by Gasteiger charge is -2.09. The van der Waals surface area contributed by atoms with Gasteiger partial charge in [-0.15, -0.1) is 24.0 Å². The first-order chi connectivity index (χ1) is 13.3. The number of hydrogen-bond acceptors (Lipinski definition) is 3. The third-order valence-corrected chi connectivity index (χ3v) is 3.91. The SMILES string of the molecule is I.NC(=NCc1cn2ccccc2n1)Nc1cccc(Oc2ccccc2)c1. The quantitative estimate of drug-likeness (QED) is 0.245. The van der Waals surface area contributed by atoms with Crippen LogP contribution in [0.5, 0.6) is 11.5 Å². The lowest BCUT2D eigenvalue weighted by atomic mass is 10.3. The number of hydrogen-bond donors (Lipinski definition) is 2. The zero-order valence-corrected chi connectivity index (χ0v) is 17.4. The summed E-state index contributed by atoms with van der Waals surface area (Å²) in [5.74, 6) is 1.83. The molecule has 0 unspecified atom stereocenters. The van der Waals surface area contributed by atoms with Crippen LogP contribution in [0, 0.1) is 0 Å². The van der Waals surface area contributed by atoms with Crippen molar-refractivity contribution in [2.24, 2.45) is 10.7 Å². The number of benzene rings is 2. The highest BCUT2D eigenvalue weighted by atomic mass is 127. The van der Waals surface area contributed by atoms with Crippen molar-refractivity contribution >= 4 is 41.3 Å². The summed E-state index contributed by atoms with van der Waals surface area (Å²) >= 11 is 0. The highest BCUT2D eigenvalue weighted by molar-refractivity contribution is 14.0. The third kappa shape index (κ3) is 5.01. The molecule has 0 fully saturated rings. The molecule has 4 aromatic rings. The average molecular weight is 485 g/mol. The molecule has 0 saturated carbocycles. The molecule has 0 aliphatic rings. The third-order valence-electron chi connectivity index (χ3n) is 3.91. The summed E-state index contributed by atoms with van der Waals surface area (Å²) in [7, 11) is 0. The number of nitrogens with zero attached hydrogens (tertiary/aromatic N) is 3. The number of guanidine groups is 1. The monoisotopic (exact) mass is 485 g/mol. The molecule has 6 nitrogen and oxygen atoms in total. The molecule has 28 heavy (non-hydrogen) atoms. The summed E-state index contributed by atoms with van der Waals surface area (Å²) in [6, 6.07) is 23.1. The van der Waals surface area contributed by atoms with Crippen LogP contribution >= 0.6 is 24.0 Å². The van der Waals surface area contributed by atoms with E-state index in [2.05, 4.69) is 15.3 Å². The Bertz CT molecular complexity index is 1050. The summed E-state index contributed by atoms with van der Waals surface area (Å²) in [6.45, 7) is 0.403. The van der Waals surface area contributed by atoms with Crippen LogP contribution in [0.4, 0.5) is 5.69 Å². The molecule has 2 aromatic heterocycles. The van der Waals surface area contributed by atoms with E-state index in [0.717, 1.165) is 28.5 Å². The van der Waals surface area contributed by atoms with Crippen molar-refractivity contribution in [3.8, 4) is 11.5 Å². The minimum absolute atomic E-state index is 0. The Morgan fingerprint density at radius 2 is 1.79 bits per heavy atom. The van der Waals surface area contributed by atoms with Crippen LogP contribution in [0.1, 0.15) is 5.69 Å². The standard InChI is InChI=1S/C21H19N5O.HI/c22-21(23-14-17-15-26-12-5-4-11-20(26)24-17)25-16-7-6-10-19(13-16)27-18-8-2-1-3-9-18;/h1-13,15H,14H2,(H3,22,23,25);1H. The second-order valence-corrected chi connectivity index (χ2v) is 5.97. The lowest BCUT2D eigenvalue weighted by Crippen LogP contribution is -2.22. The number of fused-ring (bicyclic) bond motifs is 1. The van der Waals surface area contributed by atoms with Gasteiger partial charge in [-0.1, -0.05) is 30.3 Å². The number of nitrogens with one attached hydrogen (secondary N) is 1. The molecule has 0 saturated heterocycles. The van der Waals surface area contributed by atoms with Gasteiger partial charge < -0.3 is 20.2 Å². The van der Waals surface area contributed by atoms with Gasteiger partial charge in [0.25, 0.3) is 0 Å². The summed E-state index contributed by atoms with van der Waals surface area (Å²) in [4.78, 5) is 8.87. The minimum atomic E-state index is 0. The zero-order valence-electron chi connectivity index (χ0n) is 15.0. The summed E-state index contributed by atoms with van der Waals surface area (Å²) < 4.78 is 7.79. The number of ether oxygens (including phenoxy) is 1. The zero-order chi connectivity index (χ0) is 18.5. The smallest absolute Gasteiger partial charge is 0.193 e. The van der Waals surface area contributed by atoms with Crippen molar-refractivity contribution in [2.75, 3.05) is 5.32 Å². The molecule has 0 aliphatic heterocycles. The second kappa shape index (κ2) is 9.23. The number of halogens is 1. The van der Waals surface area contributed by atoms with E-state index in [1.807, 2.05) is 89.6 Å². The normalized spacial score (nSPS) is 11.1. The van der Waals surface area contributed by atoms with Crippen molar-refractivity contribution in [1.82, 2.24) is 9.38 Å². The Kier molecular flexibility index (Phi) is 6.49. The Balaban J connectivity index is 0.00000225. The van der Waals surface area contributed by atoms with Gasteiger partial charge in [-0.05, 0) is 36.4 Å². The van der Waals surface area contributed by atoms with Gasteiger partial charge in [-0.2, -0.15) is 0 Å². The summed E-state index contributed by atoms with van der Waals surface area (Å²) in [5.41, 5.74) is 8.56. The molecule has 0 bridgehead atoms. The van der Waals surface area contributed by atoms with Crippen molar-refractivity contribution in [3.63, 3.8) is 0 Å². The molecule has 0 atom stereocenters. The highest BCUT2D eigenvalue weighted by Gasteiger charge is 2.02. The number of aliphatic imine (C=N–C) groups is 1. The fraction of sp³-hybridized carbons (Fsp3) is 0.0476. The largest absolute Gasteiger partial charge is 0.457 e. The minimum Gasteiger partial charge on any atom is -0.457 e. The van der Waals surface area contributed by atoms with E-state index in [1.165, 1.54) is 0 Å². The molecule has 0 radical (unpaired) electrons. The van der Waals surface area contributed by atoms with E-state index in [9.17, 15) is 0 Å². The molecule has 142 valence electrons. The van der Waals surface area contributed by atoms with Crippen molar-refractivity contribution in [1.29, 1.82) is 0 Å².